The highest BCUT2D eigenvalue weighted by Gasteiger charge is 2.21. The second-order valence-electron chi connectivity index (χ2n) is 5.96. The van der Waals surface area contributed by atoms with Crippen LogP contribution in [0.5, 0.6) is 0 Å². The van der Waals surface area contributed by atoms with Gasteiger partial charge in [-0.2, -0.15) is 15.1 Å². The number of rotatable bonds is 2. The van der Waals surface area contributed by atoms with Crippen molar-refractivity contribution >= 4 is 17.6 Å². The van der Waals surface area contributed by atoms with Gasteiger partial charge in [0.15, 0.2) is 0 Å². The standard InChI is InChI=1S/C15H21N7O/c1-11-8-12-10-21(2-3-22(12)19-11)14-9-13(17-15(16)18-14)20-4-6-23-7-5-20/h8-9H,2-7,10H2,1H3,(H2,16,17,18). The van der Waals surface area contributed by atoms with Crippen LogP contribution < -0.4 is 15.5 Å². The number of morpholine rings is 1. The number of hydrogen-bond donors (Lipinski definition) is 1. The van der Waals surface area contributed by atoms with Gasteiger partial charge in [-0.1, -0.05) is 0 Å². The predicted molar refractivity (Wildman–Crippen MR) is 87.5 cm³/mol. The van der Waals surface area contributed by atoms with Gasteiger partial charge in [0, 0.05) is 25.7 Å². The van der Waals surface area contributed by atoms with Gasteiger partial charge in [-0.15, -0.1) is 0 Å². The Morgan fingerprint density at radius 2 is 1.74 bits per heavy atom. The summed E-state index contributed by atoms with van der Waals surface area (Å²) in [4.78, 5) is 13.3. The number of nitrogen functional groups attached to an aromatic ring is 1. The smallest absolute Gasteiger partial charge is 0.223 e. The summed E-state index contributed by atoms with van der Waals surface area (Å²) in [6.45, 7) is 7.66. The largest absolute Gasteiger partial charge is 0.378 e. The molecule has 0 atom stereocenters. The normalized spacial score (nSPS) is 18.1. The van der Waals surface area contributed by atoms with E-state index < -0.39 is 0 Å². The predicted octanol–water partition coefficient (Wildman–Crippen LogP) is 0.421. The van der Waals surface area contributed by atoms with E-state index in [9.17, 15) is 0 Å². The molecule has 0 amide bonds. The second kappa shape index (κ2) is 5.69. The van der Waals surface area contributed by atoms with E-state index in [-0.39, 0.29) is 0 Å². The van der Waals surface area contributed by atoms with Crippen molar-refractivity contribution in [1.29, 1.82) is 0 Å². The van der Waals surface area contributed by atoms with Crippen LogP contribution in [0.15, 0.2) is 12.1 Å². The summed E-state index contributed by atoms with van der Waals surface area (Å²) in [7, 11) is 0. The third kappa shape index (κ3) is 2.81. The van der Waals surface area contributed by atoms with E-state index in [1.54, 1.807) is 0 Å². The molecule has 1 saturated heterocycles. The quantitative estimate of drug-likeness (QED) is 0.859. The van der Waals surface area contributed by atoms with E-state index in [0.29, 0.717) is 5.95 Å². The van der Waals surface area contributed by atoms with Gasteiger partial charge in [-0.05, 0) is 13.0 Å². The molecule has 0 aliphatic carbocycles. The molecular formula is C15H21N7O. The molecule has 8 nitrogen and oxygen atoms in total. The van der Waals surface area contributed by atoms with Gasteiger partial charge in [-0.25, -0.2) is 0 Å². The number of hydrogen-bond acceptors (Lipinski definition) is 7. The number of nitrogens with two attached hydrogens (primary N) is 1. The average molecular weight is 315 g/mol. The minimum absolute atomic E-state index is 0.319. The molecule has 2 aromatic heterocycles. The monoisotopic (exact) mass is 315 g/mol. The number of ether oxygens (including phenoxy) is 1. The zero-order valence-electron chi connectivity index (χ0n) is 13.3. The van der Waals surface area contributed by atoms with Crippen LogP contribution in [0.2, 0.25) is 0 Å². The van der Waals surface area contributed by atoms with Crippen molar-refractivity contribution in [3.05, 3.63) is 23.5 Å². The van der Waals surface area contributed by atoms with Gasteiger partial charge in [-0.3, -0.25) is 4.68 Å². The molecule has 0 spiro atoms. The lowest BCUT2D eigenvalue weighted by Crippen LogP contribution is -2.38. The molecule has 23 heavy (non-hydrogen) atoms. The van der Waals surface area contributed by atoms with E-state index in [0.717, 1.165) is 63.3 Å². The Hall–Kier alpha value is -2.35. The molecule has 0 saturated carbocycles. The fourth-order valence-electron chi connectivity index (χ4n) is 3.16. The van der Waals surface area contributed by atoms with Crippen LogP contribution in [-0.2, 0) is 17.8 Å². The molecule has 2 aromatic rings. The first kappa shape index (κ1) is 14.3. The molecule has 0 aromatic carbocycles. The lowest BCUT2D eigenvalue weighted by Gasteiger charge is -2.31. The van der Waals surface area contributed by atoms with Gasteiger partial charge in [0.05, 0.1) is 37.7 Å². The summed E-state index contributed by atoms with van der Waals surface area (Å²) in [5.74, 6) is 2.08. The van der Waals surface area contributed by atoms with Crippen molar-refractivity contribution in [3.8, 4) is 0 Å². The molecule has 4 heterocycles. The second-order valence-corrected chi connectivity index (χ2v) is 5.96. The Labute approximate surface area is 134 Å². The minimum Gasteiger partial charge on any atom is -0.378 e. The highest BCUT2D eigenvalue weighted by atomic mass is 16.5. The highest BCUT2D eigenvalue weighted by Crippen LogP contribution is 2.24. The first-order chi connectivity index (χ1) is 11.2. The van der Waals surface area contributed by atoms with Crippen molar-refractivity contribution in [2.75, 3.05) is 48.4 Å². The first-order valence-corrected chi connectivity index (χ1v) is 7.94. The van der Waals surface area contributed by atoms with Crippen LogP contribution in [-0.4, -0.2) is 52.6 Å². The van der Waals surface area contributed by atoms with Crippen LogP contribution in [0.3, 0.4) is 0 Å². The van der Waals surface area contributed by atoms with Gasteiger partial charge in [0.2, 0.25) is 5.95 Å². The van der Waals surface area contributed by atoms with Crippen LogP contribution in [0.1, 0.15) is 11.4 Å². The van der Waals surface area contributed by atoms with Crippen molar-refractivity contribution in [3.63, 3.8) is 0 Å². The molecule has 0 radical (unpaired) electrons. The summed E-state index contributed by atoms with van der Waals surface area (Å²) in [6.07, 6.45) is 0. The molecule has 4 rings (SSSR count). The Balaban J connectivity index is 1.60. The molecule has 2 N–H and O–H groups in total. The molecule has 122 valence electrons. The van der Waals surface area contributed by atoms with E-state index in [4.69, 9.17) is 10.5 Å². The summed E-state index contributed by atoms with van der Waals surface area (Å²) in [6, 6.07) is 4.15. The number of anilines is 3. The lowest BCUT2D eigenvalue weighted by atomic mass is 10.2. The maximum Gasteiger partial charge on any atom is 0.223 e. The van der Waals surface area contributed by atoms with Crippen LogP contribution in [0, 0.1) is 6.92 Å². The summed E-state index contributed by atoms with van der Waals surface area (Å²) >= 11 is 0. The number of fused-ring (bicyclic) bond motifs is 1. The molecule has 1 fully saturated rings. The van der Waals surface area contributed by atoms with Gasteiger partial charge in [0.1, 0.15) is 11.6 Å². The van der Waals surface area contributed by atoms with E-state index >= 15 is 0 Å². The van der Waals surface area contributed by atoms with E-state index in [1.807, 2.05) is 13.0 Å². The van der Waals surface area contributed by atoms with Crippen molar-refractivity contribution in [1.82, 2.24) is 19.7 Å². The number of nitrogens with zero attached hydrogens (tertiary/aromatic N) is 6. The third-order valence-electron chi connectivity index (χ3n) is 4.30. The molecule has 2 aliphatic rings. The Morgan fingerprint density at radius 3 is 2.52 bits per heavy atom. The van der Waals surface area contributed by atoms with Crippen molar-refractivity contribution in [2.45, 2.75) is 20.0 Å². The minimum atomic E-state index is 0.319. The maximum absolute atomic E-state index is 5.95. The molecule has 2 aliphatic heterocycles. The maximum atomic E-state index is 5.95. The van der Waals surface area contributed by atoms with Crippen LogP contribution in [0.4, 0.5) is 17.6 Å². The number of aryl methyl sites for hydroxylation is 1. The first-order valence-electron chi connectivity index (χ1n) is 7.94. The Bertz CT molecular complexity index is 708. The number of aromatic nitrogens is 4. The molecule has 8 heteroatoms. The van der Waals surface area contributed by atoms with Gasteiger partial charge in [0.25, 0.3) is 0 Å². The van der Waals surface area contributed by atoms with E-state index in [2.05, 4.69) is 35.6 Å². The Morgan fingerprint density at radius 1 is 1.00 bits per heavy atom. The fraction of sp³-hybridized carbons (Fsp3) is 0.533. The van der Waals surface area contributed by atoms with Crippen LogP contribution in [0.25, 0.3) is 0 Å². The summed E-state index contributed by atoms with van der Waals surface area (Å²) < 4.78 is 7.47. The summed E-state index contributed by atoms with van der Waals surface area (Å²) in [5, 5.41) is 4.50. The highest BCUT2D eigenvalue weighted by molar-refractivity contribution is 5.54. The van der Waals surface area contributed by atoms with Gasteiger partial charge < -0.3 is 20.3 Å². The average Bonchev–Trinajstić information content (AvgIpc) is 2.94. The molecule has 0 unspecified atom stereocenters. The Kier molecular flexibility index (Phi) is 3.53. The molecular weight excluding hydrogens is 294 g/mol. The summed E-state index contributed by atoms with van der Waals surface area (Å²) in [5.41, 5.74) is 8.21. The van der Waals surface area contributed by atoms with Gasteiger partial charge >= 0.3 is 0 Å². The zero-order valence-corrected chi connectivity index (χ0v) is 13.3. The van der Waals surface area contributed by atoms with E-state index in [1.165, 1.54) is 5.69 Å². The van der Waals surface area contributed by atoms with Crippen molar-refractivity contribution in [2.24, 2.45) is 0 Å². The SMILES string of the molecule is Cc1cc2n(n1)CCN(c1cc(N3CCOCC3)nc(N)n1)C2. The molecule has 0 bridgehead atoms. The van der Waals surface area contributed by atoms with Crippen molar-refractivity contribution < 1.29 is 4.74 Å². The lowest BCUT2D eigenvalue weighted by molar-refractivity contribution is 0.122. The third-order valence-corrected chi connectivity index (χ3v) is 4.30. The zero-order chi connectivity index (χ0) is 15.8. The topological polar surface area (TPSA) is 85.3 Å². The van der Waals surface area contributed by atoms with Crippen LogP contribution >= 0.6 is 0 Å². The fourth-order valence-corrected chi connectivity index (χ4v) is 3.16.